The molecule has 0 saturated carbocycles. The van der Waals surface area contributed by atoms with Gasteiger partial charge in [-0.1, -0.05) is 67.8 Å². The number of aryl methyl sites for hydroxylation is 1. The third-order valence-corrected chi connectivity index (χ3v) is 5.86. The third-order valence-electron chi connectivity index (χ3n) is 5.86. The number of piperidine rings is 1. The van der Waals surface area contributed by atoms with E-state index in [2.05, 4.69) is 97.9 Å². The topological polar surface area (TPSA) is 15.3 Å². The Morgan fingerprint density at radius 2 is 1.69 bits per heavy atom. The summed E-state index contributed by atoms with van der Waals surface area (Å²) in [4.78, 5) is 2.46. The van der Waals surface area contributed by atoms with E-state index in [-0.39, 0.29) is 0 Å². The van der Waals surface area contributed by atoms with Crippen molar-refractivity contribution in [3.8, 4) is 0 Å². The molecular weight excluding hydrogens is 352 g/mol. The predicted molar refractivity (Wildman–Crippen MR) is 126 cm³/mol. The minimum atomic E-state index is 0.714. The number of hydrogen-bond donors (Lipinski definition) is 1. The summed E-state index contributed by atoms with van der Waals surface area (Å²) in [5.74, 6) is 0.714. The number of nitrogens with one attached hydrogen (secondary N) is 1. The van der Waals surface area contributed by atoms with Crippen LogP contribution in [0.15, 0.2) is 85.2 Å². The van der Waals surface area contributed by atoms with Gasteiger partial charge in [-0.15, -0.1) is 0 Å². The van der Waals surface area contributed by atoms with Crippen molar-refractivity contribution in [2.24, 2.45) is 5.92 Å². The zero-order valence-electron chi connectivity index (χ0n) is 18.0. The molecule has 0 radical (unpaired) electrons. The van der Waals surface area contributed by atoms with Crippen LogP contribution in [0.25, 0.3) is 5.57 Å². The lowest BCUT2D eigenvalue weighted by atomic mass is 9.95. The van der Waals surface area contributed by atoms with Crippen LogP contribution in [0, 0.1) is 12.8 Å². The molecule has 2 aromatic rings. The van der Waals surface area contributed by atoms with Crippen molar-refractivity contribution in [2.75, 3.05) is 19.6 Å². The van der Waals surface area contributed by atoms with E-state index in [1.165, 1.54) is 40.9 Å². The number of benzene rings is 2. The molecule has 1 aliphatic rings. The fourth-order valence-electron chi connectivity index (χ4n) is 4.03. The molecule has 1 fully saturated rings. The maximum absolute atomic E-state index is 4.33. The second-order valence-electron chi connectivity index (χ2n) is 8.21. The normalized spacial score (nSPS) is 15.2. The Morgan fingerprint density at radius 3 is 2.38 bits per heavy atom. The summed E-state index contributed by atoms with van der Waals surface area (Å²) in [6.07, 6.45) is 5.55. The Kier molecular flexibility index (Phi) is 7.35. The molecule has 2 heteroatoms. The van der Waals surface area contributed by atoms with Gasteiger partial charge < -0.3 is 10.2 Å². The first-order chi connectivity index (χ1) is 14.0. The summed E-state index contributed by atoms with van der Waals surface area (Å²) >= 11 is 0. The van der Waals surface area contributed by atoms with Gasteiger partial charge in [-0.25, -0.2) is 0 Å². The quantitative estimate of drug-likeness (QED) is 0.562. The van der Waals surface area contributed by atoms with E-state index < -0.39 is 0 Å². The molecule has 0 unspecified atom stereocenters. The van der Waals surface area contributed by atoms with Crippen LogP contribution < -0.4 is 5.32 Å². The molecule has 1 aliphatic heterocycles. The van der Waals surface area contributed by atoms with E-state index in [0.717, 1.165) is 31.6 Å². The Balaban J connectivity index is 1.43. The van der Waals surface area contributed by atoms with Crippen LogP contribution in [0.4, 0.5) is 0 Å². The van der Waals surface area contributed by atoms with Crippen LogP contribution in [0.3, 0.4) is 0 Å². The molecule has 2 aromatic carbocycles. The van der Waals surface area contributed by atoms with Gasteiger partial charge in [0.15, 0.2) is 0 Å². The lowest BCUT2D eigenvalue weighted by Gasteiger charge is -2.35. The molecule has 3 rings (SSSR count). The zero-order valence-corrected chi connectivity index (χ0v) is 18.0. The van der Waals surface area contributed by atoms with E-state index in [9.17, 15) is 0 Å². The average Bonchev–Trinajstić information content (AvgIpc) is 2.73. The number of likely N-dealkylation sites (tertiary alicyclic amines) is 1. The Morgan fingerprint density at radius 1 is 1.03 bits per heavy atom. The maximum Gasteiger partial charge on any atom is 0.0178 e. The van der Waals surface area contributed by atoms with Crippen molar-refractivity contribution in [1.82, 2.24) is 10.2 Å². The van der Waals surface area contributed by atoms with Gasteiger partial charge >= 0.3 is 0 Å². The second-order valence-corrected chi connectivity index (χ2v) is 8.21. The molecule has 0 aliphatic carbocycles. The standard InChI is InChI=1S/C27H34N2/c1-21-10-8-9-13-27(21)22(2)18-23(3)28-20-26-14-16-29(17-15-26)24(4)19-25-11-6-5-7-12-25/h5-13,18,26,28H,2,4,14-17,19-20H2,1,3H3/b23-18+. The Hall–Kier alpha value is -2.74. The van der Waals surface area contributed by atoms with E-state index in [1.807, 2.05) is 0 Å². The van der Waals surface area contributed by atoms with Crippen molar-refractivity contribution in [3.05, 3.63) is 102 Å². The first-order valence-corrected chi connectivity index (χ1v) is 10.7. The number of rotatable bonds is 8. The van der Waals surface area contributed by atoms with Gasteiger partial charge in [-0.2, -0.15) is 0 Å². The molecule has 1 heterocycles. The summed E-state index contributed by atoms with van der Waals surface area (Å²) in [7, 11) is 0. The SMILES string of the molecule is C=C(/C=C(\C)NCC1CCN(C(=C)Cc2ccccc2)CC1)c1ccccc1C. The summed E-state index contributed by atoms with van der Waals surface area (Å²) in [6.45, 7) is 16.1. The molecule has 0 spiro atoms. The Bertz CT molecular complexity index is 855. The third kappa shape index (κ3) is 6.12. The summed E-state index contributed by atoms with van der Waals surface area (Å²) < 4.78 is 0. The minimum absolute atomic E-state index is 0.714. The predicted octanol–water partition coefficient (Wildman–Crippen LogP) is 5.97. The molecule has 0 aromatic heterocycles. The van der Waals surface area contributed by atoms with Gasteiger partial charge in [0, 0.05) is 37.4 Å². The minimum Gasteiger partial charge on any atom is -0.388 e. The van der Waals surface area contributed by atoms with E-state index >= 15 is 0 Å². The smallest absolute Gasteiger partial charge is 0.0178 e. The van der Waals surface area contributed by atoms with Crippen LogP contribution in [-0.4, -0.2) is 24.5 Å². The highest BCUT2D eigenvalue weighted by Crippen LogP contribution is 2.22. The van der Waals surface area contributed by atoms with Gasteiger partial charge in [0.1, 0.15) is 0 Å². The zero-order chi connectivity index (χ0) is 20.6. The summed E-state index contributed by atoms with van der Waals surface area (Å²) in [6, 6.07) is 19.1. The molecule has 152 valence electrons. The van der Waals surface area contributed by atoms with Crippen LogP contribution in [-0.2, 0) is 6.42 Å². The second kappa shape index (κ2) is 10.2. The van der Waals surface area contributed by atoms with E-state index in [1.54, 1.807) is 0 Å². The van der Waals surface area contributed by atoms with Crippen molar-refractivity contribution in [2.45, 2.75) is 33.1 Å². The van der Waals surface area contributed by atoms with Crippen LogP contribution in [0.5, 0.6) is 0 Å². The lowest BCUT2D eigenvalue weighted by Crippen LogP contribution is -2.36. The van der Waals surface area contributed by atoms with Crippen molar-refractivity contribution >= 4 is 5.57 Å². The molecule has 2 nitrogen and oxygen atoms in total. The monoisotopic (exact) mass is 386 g/mol. The van der Waals surface area contributed by atoms with Crippen molar-refractivity contribution < 1.29 is 0 Å². The number of nitrogens with zero attached hydrogens (tertiary/aromatic N) is 1. The molecule has 0 bridgehead atoms. The maximum atomic E-state index is 4.33. The molecule has 29 heavy (non-hydrogen) atoms. The highest BCUT2D eigenvalue weighted by atomic mass is 15.1. The van der Waals surface area contributed by atoms with Crippen LogP contribution in [0.2, 0.25) is 0 Å². The summed E-state index contributed by atoms with van der Waals surface area (Å²) in [5.41, 5.74) is 7.34. The van der Waals surface area contributed by atoms with Crippen LogP contribution in [0.1, 0.15) is 36.5 Å². The van der Waals surface area contributed by atoms with Crippen molar-refractivity contribution in [1.29, 1.82) is 0 Å². The lowest BCUT2D eigenvalue weighted by molar-refractivity contribution is 0.222. The average molecular weight is 387 g/mol. The molecule has 1 N–H and O–H groups in total. The number of allylic oxidation sites excluding steroid dienone is 4. The fraction of sp³-hybridized carbons (Fsp3) is 0.333. The van der Waals surface area contributed by atoms with Gasteiger partial charge in [0.25, 0.3) is 0 Å². The van der Waals surface area contributed by atoms with E-state index in [4.69, 9.17) is 0 Å². The van der Waals surface area contributed by atoms with Gasteiger partial charge in [-0.05, 0) is 60.9 Å². The van der Waals surface area contributed by atoms with Crippen LogP contribution >= 0.6 is 0 Å². The first kappa shape index (κ1) is 21.0. The highest BCUT2D eigenvalue weighted by molar-refractivity contribution is 5.74. The van der Waals surface area contributed by atoms with Crippen molar-refractivity contribution in [3.63, 3.8) is 0 Å². The molecular formula is C27H34N2. The molecule has 1 saturated heterocycles. The highest BCUT2D eigenvalue weighted by Gasteiger charge is 2.20. The van der Waals surface area contributed by atoms with Gasteiger partial charge in [-0.3, -0.25) is 0 Å². The fourth-order valence-corrected chi connectivity index (χ4v) is 4.03. The molecule has 0 amide bonds. The first-order valence-electron chi connectivity index (χ1n) is 10.7. The summed E-state index contributed by atoms with van der Waals surface area (Å²) in [5, 5.41) is 3.62. The van der Waals surface area contributed by atoms with Gasteiger partial charge in [0.05, 0.1) is 0 Å². The van der Waals surface area contributed by atoms with E-state index in [0.29, 0.717) is 5.92 Å². The Labute approximate surface area is 176 Å². The van der Waals surface area contributed by atoms with Gasteiger partial charge in [0.2, 0.25) is 0 Å². The molecule has 0 atom stereocenters. The number of hydrogen-bond acceptors (Lipinski definition) is 2. The largest absolute Gasteiger partial charge is 0.388 e.